The third-order valence-electron chi connectivity index (χ3n) is 2.55. The van der Waals surface area contributed by atoms with E-state index in [1.807, 2.05) is 18.0 Å². The number of aliphatic hydroxyl groups excluding tert-OH is 1. The highest BCUT2D eigenvalue weighted by Gasteiger charge is 2.05. The van der Waals surface area contributed by atoms with Crippen molar-refractivity contribution in [3.8, 4) is 0 Å². The summed E-state index contributed by atoms with van der Waals surface area (Å²) >= 11 is 0. The van der Waals surface area contributed by atoms with Gasteiger partial charge in [-0.05, 0) is 17.7 Å². The average molecular weight is 247 g/mol. The van der Waals surface area contributed by atoms with Gasteiger partial charge in [0.1, 0.15) is 11.6 Å². The minimum atomic E-state index is -0.248. The van der Waals surface area contributed by atoms with Gasteiger partial charge in [-0.1, -0.05) is 12.1 Å². The minimum absolute atomic E-state index is 0.124. The summed E-state index contributed by atoms with van der Waals surface area (Å²) in [6.45, 7) is 0.422. The van der Waals surface area contributed by atoms with Gasteiger partial charge in [0, 0.05) is 13.6 Å². The van der Waals surface area contributed by atoms with E-state index >= 15 is 0 Å². The van der Waals surface area contributed by atoms with Crippen molar-refractivity contribution in [1.82, 2.24) is 9.97 Å². The van der Waals surface area contributed by atoms with Gasteiger partial charge in [0.05, 0.1) is 24.7 Å². The van der Waals surface area contributed by atoms with Gasteiger partial charge in [-0.15, -0.1) is 0 Å². The maximum Gasteiger partial charge on any atom is 0.147 e. The number of hydrogen-bond acceptors (Lipinski definition) is 4. The van der Waals surface area contributed by atoms with Gasteiger partial charge in [-0.25, -0.2) is 9.37 Å². The predicted molar refractivity (Wildman–Crippen MR) is 66.5 cm³/mol. The first-order chi connectivity index (χ1) is 8.69. The summed E-state index contributed by atoms with van der Waals surface area (Å²) in [5, 5.41) is 8.88. The maximum absolute atomic E-state index is 13.0. The van der Waals surface area contributed by atoms with Crippen molar-refractivity contribution < 1.29 is 9.50 Å². The Labute approximate surface area is 105 Å². The summed E-state index contributed by atoms with van der Waals surface area (Å²) in [5.41, 5.74) is 1.39. The number of benzene rings is 1. The number of aromatic nitrogens is 2. The van der Waals surface area contributed by atoms with E-state index < -0.39 is 0 Å². The number of anilines is 1. The van der Waals surface area contributed by atoms with Crippen LogP contribution in [0.5, 0.6) is 0 Å². The lowest BCUT2D eigenvalue weighted by molar-refractivity contribution is 0.276. The maximum atomic E-state index is 13.0. The van der Waals surface area contributed by atoms with Crippen molar-refractivity contribution in [3.05, 3.63) is 53.7 Å². The summed E-state index contributed by atoms with van der Waals surface area (Å²) in [5.74, 6) is 0.430. The Morgan fingerprint density at radius 3 is 2.72 bits per heavy atom. The van der Waals surface area contributed by atoms with Gasteiger partial charge >= 0.3 is 0 Å². The lowest BCUT2D eigenvalue weighted by Gasteiger charge is -2.17. The van der Waals surface area contributed by atoms with Crippen molar-refractivity contribution in [2.75, 3.05) is 11.9 Å². The summed E-state index contributed by atoms with van der Waals surface area (Å²) < 4.78 is 13.0. The van der Waals surface area contributed by atoms with Crippen LogP contribution in [0.4, 0.5) is 10.2 Å². The van der Waals surface area contributed by atoms with Crippen LogP contribution in [0, 0.1) is 5.82 Å². The van der Waals surface area contributed by atoms with Crippen molar-refractivity contribution in [2.45, 2.75) is 13.2 Å². The number of aliphatic hydroxyl groups is 1. The van der Waals surface area contributed by atoms with Crippen LogP contribution in [-0.4, -0.2) is 22.1 Å². The molecule has 0 fully saturated rings. The fraction of sp³-hybridized carbons (Fsp3) is 0.231. The van der Waals surface area contributed by atoms with Crippen LogP contribution in [0.3, 0.4) is 0 Å². The molecule has 1 N–H and O–H groups in total. The SMILES string of the molecule is CN(Cc1cccc(F)c1)c1cnc(CO)cn1. The fourth-order valence-corrected chi connectivity index (χ4v) is 1.62. The predicted octanol–water partition coefficient (Wildman–Crippen LogP) is 1.74. The van der Waals surface area contributed by atoms with Crippen LogP contribution in [0.1, 0.15) is 11.3 Å². The van der Waals surface area contributed by atoms with Crippen LogP contribution >= 0.6 is 0 Å². The quantitative estimate of drug-likeness (QED) is 0.894. The molecule has 1 heterocycles. The number of rotatable bonds is 4. The van der Waals surface area contributed by atoms with E-state index in [0.717, 1.165) is 5.56 Å². The molecular formula is C13H14FN3O. The van der Waals surface area contributed by atoms with Crippen molar-refractivity contribution in [2.24, 2.45) is 0 Å². The van der Waals surface area contributed by atoms with E-state index in [0.29, 0.717) is 18.1 Å². The highest BCUT2D eigenvalue weighted by atomic mass is 19.1. The third kappa shape index (κ3) is 3.01. The first kappa shape index (κ1) is 12.4. The molecule has 0 saturated carbocycles. The first-order valence-corrected chi connectivity index (χ1v) is 5.56. The standard InChI is InChI=1S/C13H14FN3O/c1-17(8-10-3-2-4-11(14)5-10)13-7-15-12(9-18)6-16-13/h2-7,18H,8-9H2,1H3. The molecule has 0 unspecified atom stereocenters. The molecule has 2 rings (SSSR count). The molecule has 0 aliphatic carbocycles. The Hall–Kier alpha value is -2.01. The zero-order valence-corrected chi connectivity index (χ0v) is 10.0. The second-order valence-corrected chi connectivity index (χ2v) is 4.01. The van der Waals surface area contributed by atoms with E-state index in [9.17, 15) is 4.39 Å². The van der Waals surface area contributed by atoms with Gasteiger partial charge in [-0.2, -0.15) is 0 Å². The molecule has 0 amide bonds. The molecular weight excluding hydrogens is 233 g/mol. The zero-order valence-electron chi connectivity index (χ0n) is 10.0. The Bertz CT molecular complexity index is 516. The third-order valence-corrected chi connectivity index (χ3v) is 2.55. The molecule has 0 aliphatic heterocycles. The van der Waals surface area contributed by atoms with E-state index in [-0.39, 0.29) is 12.4 Å². The molecule has 0 atom stereocenters. The van der Waals surface area contributed by atoms with E-state index in [1.165, 1.54) is 18.3 Å². The summed E-state index contributed by atoms with van der Waals surface area (Å²) in [7, 11) is 1.85. The first-order valence-electron chi connectivity index (χ1n) is 5.56. The molecule has 0 radical (unpaired) electrons. The Morgan fingerprint density at radius 2 is 2.11 bits per heavy atom. The van der Waals surface area contributed by atoms with Gasteiger partial charge in [0.2, 0.25) is 0 Å². The number of halogens is 1. The zero-order chi connectivity index (χ0) is 13.0. The average Bonchev–Trinajstić information content (AvgIpc) is 2.39. The molecule has 18 heavy (non-hydrogen) atoms. The summed E-state index contributed by atoms with van der Waals surface area (Å²) in [6.07, 6.45) is 3.11. The molecule has 1 aromatic carbocycles. The minimum Gasteiger partial charge on any atom is -0.390 e. The normalized spacial score (nSPS) is 10.4. The van der Waals surface area contributed by atoms with Crippen LogP contribution in [0.15, 0.2) is 36.7 Å². The molecule has 4 nitrogen and oxygen atoms in total. The molecule has 0 saturated heterocycles. The van der Waals surface area contributed by atoms with Crippen molar-refractivity contribution >= 4 is 5.82 Å². The second-order valence-electron chi connectivity index (χ2n) is 4.01. The Morgan fingerprint density at radius 1 is 1.28 bits per heavy atom. The Kier molecular flexibility index (Phi) is 3.84. The Balaban J connectivity index is 2.09. The molecule has 0 aliphatic rings. The molecule has 1 aromatic heterocycles. The van der Waals surface area contributed by atoms with E-state index in [2.05, 4.69) is 9.97 Å². The van der Waals surface area contributed by atoms with Gasteiger partial charge < -0.3 is 10.0 Å². The molecule has 0 spiro atoms. The smallest absolute Gasteiger partial charge is 0.147 e. The topological polar surface area (TPSA) is 49.2 Å². The summed E-state index contributed by atoms with van der Waals surface area (Å²) in [4.78, 5) is 10.1. The summed E-state index contributed by atoms with van der Waals surface area (Å²) in [6, 6.07) is 6.44. The van der Waals surface area contributed by atoms with Crippen LogP contribution in [-0.2, 0) is 13.2 Å². The lowest BCUT2D eigenvalue weighted by Crippen LogP contribution is -2.18. The van der Waals surface area contributed by atoms with Crippen LogP contribution in [0.25, 0.3) is 0 Å². The highest BCUT2D eigenvalue weighted by Crippen LogP contribution is 2.12. The fourth-order valence-electron chi connectivity index (χ4n) is 1.62. The van der Waals surface area contributed by atoms with Gasteiger partial charge in [0.15, 0.2) is 0 Å². The van der Waals surface area contributed by atoms with Crippen LogP contribution in [0.2, 0.25) is 0 Å². The van der Waals surface area contributed by atoms with Gasteiger partial charge in [-0.3, -0.25) is 4.98 Å². The molecule has 2 aromatic rings. The van der Waals surface area contributed by atoms with Crippen LogP contribution < -0.4 is 4.90 Å². The largest absolute Gasteiger partial charge is 0.390 e. The van der Waals surface area contributed by atoms with Gasteiger partial charge in [0.25, 0.3) is 0 Å². The molecule has 0 bridgehead atoms. The highest BCUT2D eigenvalue weighted by molar-refractivity contribution is 5.36. The second kappa shape index (κ2) is 5.55. The van der Waals surface area contributed by atoms with E-state index in [4.69, 9.17) is 5.11 Å². The van der Waals surface area contributed by atoms with E-state index in [1.54, 1.807) is 12.3 Å². The number of nitrogens with zero attached hydrogens (tertiary/aromatic N) is 3. The van der Waals surface area contributed by atoms with Crippen molar-refractivity contribution in [3.63, 3.8) is 0 Å². The molecule has 5 heteroatoms. The lowest BCUT2D eigenvalue weighted by atomic mass is 10.2. The monoisotopic (exact) mass is 247 g/mol. The number of hydrogen-bond donors (Lipinski definition) is 1. The molecule has 94 valence electrons. The van der Waals surface area contributed by atoms with Crippen molar-refractivity contribution in [1.29, 1.82) is 0 Å².